The van der Waals surface area contributed by atoms with Crippen LogP contribution in [0, 0.1) is 13.8 Å². The SMILES string of the molecule is CCC(CC)(c1ccc(C=CC(O)(C(F)(F)F)C(F)(F)F)c(C)c1)c1ccc(OC[C@@H]2COC(C)(C)O2)c(C)c1. The van der Waals surface area contributed by atoms with Crippen LogP contribution in [-0.4, -0.2) is 48.2 Å². The van der Waals surface area contributed by atoms with Gasteiger partial charge in [0, 0.05) is 5.41 Å². The van der Waals surface area contributed by atoms with Gasteiger partial charge in [-0.2, -0.15) is 26.3 Å². The summed E-state index contributed by atoms with van der Waals surface area (Å²) < 4.78 is 95.8. The molecule has 222 valence electrons. The topological polar surface area (TPSA) is 47.9 Å². The highest BCUT2D eigenvalue weighted by Crippen LogP contribution is 2.45. The van der Waals surface area contributed by atoms with Crippen molar-refractivity contribution in [2.24, 2.45) is 0 Å². The molecule has 0 spiro atoms. The lowest BCUT2D eigenvalue weighted by Gasteiger charge is -2.34. The lowest BCUT2D eigenvalue weighted by Crippen LogP contribution is -2.55. The van der Waals surface area contributed by atoms with E-state index in [0.717, 1.165) is 16.7 Å². The van der Waals surface area contributed by atoms with Crippen LogP contribution in [0.25, 0.3) is 6.08 Å². The number of alkyl halides is 6. The van der Waals surface area contributed by atoms with Crippen LogP contribution in [0.4, 0.5) is 26.3 Å². The molecule has 0 aliphatic carbocycles. The van der Waals surface area contributed by atoms with E-state index in [1.807, 2.05) is 52.8 Å². The molecule has 1 N–H and O–H groups in total. The minimum atomic E-state index is -5.92. The number of halogens is 6. The molecule has 10 heteroatoms. The molecule has 1 heterocycles. The lowest BCUT2D eigenvalue weighted by molar-refractivity contribution is -0.347. The van der Waals surface area contributed by atoms with Gasteiger partial charge in [0.05, 0.1) is 6.61 Å². The zero-order chi connectivity index (χ0) is 30.1. The second-order valence-electron chi connectivity index (χ2n) is 10.7. The number of benzene rings is 2. The molecule has 1 aliphatic heterocycles. The van der Waals surface area contributed by atoms with Crippen LogP contribution in [-0.2, 0) is 14.9 Å². The van der Waals surface area contributed by atoms with E-state index in [1.165, 1.54) is 6.07 Å². The average Bonchev–Trinajstić information content (AvgIpc) is 3.20. The smallest absolute Gasteiger partial charge is 0.430 e. The summed E-state index contributed by atoms with van der Waals surface area (Å²) >= 11 is 0. The summed E-state index contributed by atoms with van der Waals surface area (Å²) in [7, 11) is 0. The minimum absolute atomic E-state index is 0.137. The van der Waals surface area contributed by atoms with E-state index in [2.05, 4.69) is 0 Å². The fourth-order valence-corrected chi connectivity index (χ4v) is 5.09. The quantitative estimate of drug-likeness (QED) is 0.311. The maximum absolute atomic E-state index is 13.1. The standard InChI is InChI=1S/C30H36F6O4/c1-7-27(8-2,23-11-12-25(20(4)16-23)38-17-24-18-39-26(5,6)40-24)22-10-9-21(19(3)15-22)13-14-28(37,29(31,32)33)30(34,35)36/h9-16,24,37H,7-8,17-18H2,1-6H3/t24-/m1/s1. The van der Waals surface area contributed by atoms with Crippen molar-refractivity contribution in [2.75, 3.05) is 13.2 Å². The van der Waals surface area contributed by atoms with Gasteiger partial charge in [0.15, 0.2) is 5.79 Å². The van der Waals surface area contributed by atoms with E-state index in [1.54, 1.807) is 19.1 Å². The Labute approximate surface area is 230 Å². The summed E-state index contributed by atoms with van der Waals surface area (Å²) in [5, 5.41) is 9.46. The van der Waals surface area contributed by atoms with Crippen molar-refractivity contribution in [1.29, 1.82) is 0 Å². The van der Waals surface area contributed by atoms with Crippen LogP contribution in [0.1, 0.15) is 68.4 Å². The molecule has 0 amide bonds. The molecule has 3 rings (SSSR count). The zero-order valence-electron chi connectivity index (χ0n) is 23.5. The number of hydrogen-bond donors (Lipinski definition) is 1. The molecular formula is C30H36F6O4. The van der Waals surface area contributed by atoms with E-state index in [0.29, 0.717) is 43.4 Å². The van der Waals surface area contributed by atoms with Gasteiger partial charge in [-0.3, -0.25) is 0 Å². The van der Waals surface area contributed by atoms with Crippen LogP contribution in [0.15, 0.2) is 42.5 Å². The number of aliphatic hydroxyl groups is 1. The van der Waals surface area contributed by atoms with E-state index >= 15 is 0 Å². The summed E-state index contributed by atoms with van der Waals surface area (Å²) in [6.07, 6.45) is -10.2. The van der Waals surface area contributed by atoms with E-state index in [4.69, 9.17) is 14.2 Å². The molecule has 40 heavy (non-hydrogen) atoms. The normalized spacial score (nSPS) is 18.5. The Balaban J connectivity index is 1.89. The van der Waals surface area contributed by atoms with Gasteiger partial charge >= 0.3 is 12.4 Å². The molecule has 1 fully saturated rings. The highest BCUT2D eigenvalue weighted by molar-refractivity contribution is 5.57. The first-order valence-electron chi connectivity index (χ1n) is 13.1. The minimum Gasteiger partial charge on any atom is -0.491 e. The average molecular weight is 575 g/mol. The van der Waals surface area contributed by atoms with Gasteiger partial charge in [-0.25, -0.2) is 0 Å². The largest absolute Gasteiger partial charge is 0.491 e. The Morgan fingerprint density at radius 1 is 0.925 bits per heavy atom. The Morgan fingerprint density at radius 2 is 1.48 bits per heavy atom. The van der Waals surface area contributed by atoms with Gasteiger partial charge in [0.25, 0.3) is 5.60 Å². The fraction of sp³-hybridized carbons (Fsp3) is 0.533. The molecule has 2 aromatic carbocycles. The summed E-state index contributed by atoms with van der Waals surface area (Å²) in [6.45, 7) is 12.1. The molecule has 0 radical (unpaired) electrons. The van der Waals surface area contributed by atoms with Gasteiger partial charge < -0.3 is 19.3 Å². The van der Waals surface area contributed by atoms with Crippen molar-refractivity contribution in [3.63, 3.8) is 0 Å². The Bertz CT molecular complexity index is 1200. The fourth-order valence-electron chi connectivity index (χ4n) is 5.09. The Morgan fingerprint density at radius 3 is 1.93 bits per heavy atom. The first-order valence-corrected chi connectivity index (χ1v) is 13.1. The summed E-state index contributed by atoms with van der Waals surface area (Å²) in [5.41, 5.74) is -1.99. The third-order valence-corrected chi connectivity index (χ3v) is 7.62. The summed E-state index contributed by atoms with van der Waals surface area (Å²) in [4.78, 5) is 0. The first kappa shape index (κ1) is 32.0. The molecule has 0 bridgehead atoms. The number of ether oxygens (including phenoxy) is 3. The van der Waals surface area contributed by atoms with Crippen LogP contribution in [0.5, 0.6) is 5.75 Å². The number of hydrogen-bond acceptors (Lipinski definition) is 4. The van der Waals surface area contributed by atoms with Gasteiger partial charge in [0.2, 0.25) is 0 Å². The molecule has 0 unspecified atom stereocenters. The molecule has 1 atom stereocenters. The second-order valence-corrected chi connectivity index (χ2v) is 10.7. The van der Waals surface area contributed by atoms with Gasteiger partial charge in [-0.15, -0.1) is 0 Å². The first-order chi connectivity index (χ1) is 18.4. The van der Waals surface area contributed by atoms with Crippen LogP contribution < -0.4 is 4.74 Å². The molecule has 0 saturated carbocycles. The third kappa shape index (κ3) is 6.34. The van der Waals surface area contributed by atoms with Crippen molar-refractivity contribution < 1.29 is 45.7 Å². The predicted molar refractivity (Wildman–Crippen MR) is 140 cm³/mol. The molecular weight excluding hydrogens is 538 g/mol. The highest BCUT2D eigenvalue weighted by Gasteiger charge is 2.69. The van der Waals surface area contributed by atoms with Crippen molar-refractivity contribution >= 4 is 6.08 Å². The molecule has 4 nitrogen and oxygen atoms in total. The molecule has 2 aromatic rings. The van der Waals surface area contributed by atoms with Crippen molar-refractivity contribution in [3.8, 4) is 5.75 Å². The van der Waals surface area contributed by atoms with E-state index in [-0.39, 0.29) is 17.7 Å². The van der Waals surface area contributed by atoms with Crippen molar-refractivity contribution in [2.45, 2.75) is 89.6 Å². The predicted octanol–water partition coefficient (Wildman–Crippen LogP) is 7.81. The highest BCUT2D eigenvalue weighted by atomic mass is 19.4. The lowest BCUT2D eigenvalue weighted by atomic mass is 9.70. The zero-order valence-corrected chi connectivity index (χ0v) is 23.5. The van der Waals surface area contributed by atoms with E-state index < -0.39 is 29.2 Å². The van der Waals surface area contributed by atoms with E-state index in [9.17, 15) is 31.4 Å². The van der Waals surface area contributed by atoms with Crippen molar-refractivity contribution in [3.05, 3.63) is 70.3 Å². The van der Waals surface area contributed by atoms with Crippen LogP contribution in [0.3, 0.4) is 0 Å². The number of aryl methyl sites for hydroxylation is 2. The monoisotopic (exact) mass is 574 g/mol. The Hall–Kier alpha value is -2.56. The maximum atomic E-state index is 13.1. The third-order valence-electron chi connectivity index (χ3n) is 7.62. The maximum Gasteiger partial charge on any atom is 0.430 e. The van der Waals surface area contributed by atoms with Crippen molar-refractivity contribution in [1.82, 2.24) is 0 Å². The second kappa shape index (κ2) is 11.4. The summed E-state index contributed by atoms with van der Waals surface area (Å²) in [5.74, 6) is 0.0625. The molecule has 1 aliphatic rings. The van der Waals surface area contributed by atoms with Gasteiger partial charge in [-0.05, 0) is 80.5 Å². The summed E-state index contributed by atoms with van der Waals surface area (Å²) in [6, 6.07) is 10.9. The molecule has 0 aromatic heterocycles. The molecule has 1 saturated heterocycles. The van der Waals surface area contributed by atoms with Crippen LogP contribution in [0.2, 0.25) is 0 Å². The van der Waals surface area contributed by atoms with Crippen LogP contribution >= 0.6 is 0 Å². The Kier molecular flexibility index (Phi) is 9.09. The number of rotatable bonds is 9. The van der Waals surface area contributed by atoms with Gasteiger partial charge in [0.1, 0.15) is 18.5 Å². The van der Waals surface area contributed by atoms with Gasteiger partial charge in [-0.1, -0.05) is 50.3 Å².